The molecule has 0 atom stereocenters. The first-order valence-corrected chi connectivity index (χ1v) is 21.1. The van der Waals surface area contributed by atoms with E-state index in [9.17, 15) is 0 Å². The van der Waals surface area contributed by atoms with Crippen molar-refractivity contribution < 1.29 is 8.83 Å². The maximum atomic E-state index is 6.98. The Bertz CT molecular complexity index is 3600. The fourth-order valence-electron chi connectivity index (χ4n) is 9.99. The highest BCUT2D eigenvalue weighted by Crippen LogP contribution is 2.43. The molecule has 0 unspecified atom stereocenters. The Morgan fingerprint density at radius 3 is 1.52 bits per heavy atom. The fourth-order valence-corrected chi connectivity index (χ4v) is 9.99. The SMILES string of the molecule is Bc1c(B)c(B)c(-c2nc(-c3ccc4c(c3)oc3c(-n5c6ccccc6c6c7oc8ccccc8c7ccc65)cccc34)nc(-c3c(B)c(B)c(B)c(B)c3B)n2)c(B)c1B. The van der Waals surface area contributed by atoms with Gasteiger partial charge in [-0.2, -0.15) is 0 Å². The number of aromatic nitrogens is 4. The van der Waals surface area contributed by atoms with Crippen LogP contribution in [0.15, 0.2) is 106 Å². The molecule has 11 rings (SSSR count). The lowest BCUT2D eigenvalue weighted by molar-refractivity contribution is 0.666. The first kappa shape index (κ1) is 37.6. The van der Waals surface area contributed by atoms with Crippen molar-refractivity contribution in [1.29, 1.82) is 0 Å². The van der Waals surface area contributed by atoms with Crippen LogP contribution in [0.3, 0.4) is 0 Å². The van der Waals surface area contributed by atoms with E-state index in [4.69, 9.17) is 23.8 Å². The molecule has 0 aliphatic rings. The molecule has 11 aromatic rings. The van der Waals surface area contributed by atoms with Gasteiger partial charge in [-0.15, -0.1) is 32.8 Å². The maximum Gasteiger partial charge on any atom is 0.164 e. The van der Waals surface area contributed by atoms with Crippen LogP contribution in [0.4, 0.5) is 0 Å². The average molecular weight is 773 g/mol. The summed E-state index contributed by atoms with van der Waals surface area (Å²) in [7, 11) is 22.0. The Kier molecular flexibility index (Phi) is 8.35. The third-order valence-corrected chi connectivity index (χ3v) is 14.2. The van der Waals surface area contributed by atoms with E-state index in [1.54, 1.807) is 0 Å². The van der Waals surface area contributed by atoms with Gasteiger partial charge < -0.3 is 13.4 Å². The molecule has 278 valence electrons. The molecule has 16 heteroatoms. The summed E-state index contributed by atoms with van der Waals surface area (Å²) in [6.07, 6.45) is 0. The normalized spacial score (nSPS) is 11.9. The monoisotopic (exact) mass is 774 g/mol. The van der Waals surface area contributed by atoms with Crippen molar-refractivity contribution in [2.24, 2.45) is 0 Å². The summed E-state index contributed by atoms with van der Waals surface area (Å²) in [5.74, 6) is 1.99. The standard InChI is InChI=1S/C45H36B10N4O2/c46-31-29(32(47)36(51)39(54)35(31)50)44-56-43(57-45(58-44)30-33(48)37(52)40(55)38(53)34(30)49)17-12-13-19-20-8-5-10-25(41(20)61-27(19)16-17)59-23-9-3-1-7-22(23)28-24(59)15-14-21-18-6-2-4-11-26(18)60-42(21)28/h1-16H,46-55H2. The minimum Gasteiger partial charge on any atom is -0.455 e. The highest BCUT2D eigenvalue weighted by Gasteiger charge is 2.24. The van der Waals surface area contributed by atoms with Gasteiger partial charge >= 0.3 is 0 Å². The van der Waals surface area contributed by atoms with Gasteiger partial charge in [-0.05, 0) is 42.5 Å². The molecule has 4 aromatic heterocycles. The van der Waals surface area contributed by atoms with Gasteiger partial charge in [0, 0.05) is 43.6 Å². The van der Waals surface area contributed by atoms with Crippen LogP contribution in [0.25, 0.3) is 106 Å². The summed E-state index contributed by atoms with van der Waals surface area (Å²) in [6.45, 7) is 0. The van der Waals surface area contributed by atoms with E-state index in [1.807, 2.05) is 12.1 Å². The highest BCUT2D eigenvalue weighted by molar-refractivity contribution is 6.70. The van der Waals surface area contributed by atoms with E-state index in [0.29, 0.717) is 17.5 Å². The fraction of sp³-hybridized carbons (Fsp3) is 0. The number of benzene rings is 7. The van der Waals surface area contributed by atoms with E-state index in [1.165, 1.54) is 54.6 Å². The Morgan fingerprint density at radius 1 is 0.377 bits per heavy atom. The lowest BCUT2D eigenvalue weighted by Crippen LogP contribution is -2.55. The van der Waals surface area contributed by atoms with Gasteiger partial charge in [0.2, 0.25) is 0 Å². The van der Waals surface area contributed by atoms with Crippen molar-refractivity contribution >= 4 is 199 Å². The van der Waals surface area contributed by atoms with Crippen molar-refractivity contribution in [2.75, 3.05) is 0 Å². The van der Waals surface area contributed by atoms with Crippen LogP contribution in [-0.4, -0.2) is 98.0 Å². The van der Waals surface area contributed by atoms with Gasteiger partial charge in [-0.1, -0.05) is 76.4 Å². The zero-order chi connectivity index (χ0) is 42.2. The topological polar surface area (TPSA) is 69.9 Å². The minimum absolute atomic E-state index is 0.615. The van der Waals surface area contributed by atoms with Crippen molar-refractivity contribution in [1.82, 2.24) is 19.5 Å². The number of hydrogen-bond acceptors (Lipinski definition) is 5. The molecule has 6 nitrogen and oxygen atoms in total. The molecular formula is C45H36B10N4O2. The summed E-state index contributed by atoms with van der Waals surface area (Å²) >= 11 is 0. The van der Waals surface area contributed by atoms with Crippen molar-refractivity contribution in [3.63, 3.8) is 0 Å². The van der Waals surface area contributed by atoms with Gasteiger partial charge in [0.1, 0.15) is 95.2 Å². The minimum atomic E-state index is 0.615. The molecule has 0 radical (unpaired) electrons. The zero-order valence-corrected chi connectivity index (χ0v) is 36.3. The Labute approximate surface area is 362 Å². The van der Waals surface area contributed by atoms with Crippen LogP contribution in [0.5, 0.6) is 0 Å². The second-order valence-electron chi connectivity index (χ2n) is 17.1. The summed E-state index contributed by atoms with van der Waals surface area (Å²) < 4.78 is 15.9. The second kappa shape index (κ2) is 13.6. The predicted octanol–water partition coefficient (Wildman–Crippen LogP) is -5.65. The van der Waals surface area contributed by atoms with E-state index < -0.39 is 0 Å². The molecule has 0 saturated heterocycles. The van der Waals surface area contributed by atoms with Crippen molar-refractivity contribution in [3.05, 3.63) is 97.1 Å². The highest BCUT2D eigenvalue weighted by atomic mass is 16.3. The molecule has 0 bridgehead atoms. The molecule has 0 saturated carbocycles. The van der Waals surface area contributed by atoms with E-state index >= 15 is 0 Å². The predicted molar refractivity (Wildman–Crippen MR) is 287 cm³/mol. The lowest BCUT2D eigenvalue weighted by Gasteiger charge is -2.22. The van der Waals surface area contributed by atoms with E-state index in [0.717, 1.165) is 88.1 Å². The van der Waals surface area contributed by atoms with Crippen LogP contribution in [0, 0.1) is 0 Å². The molecule has 0 spiro atoms. The van der Waals surface area contributed by atoms with Crippen molar-refractivity contribution in [2.45, 2.75) is 0 Å². The van der Waals surface area contributed by atoms with Gasteiger partial charge in [-0.3, -0.25) is 0 Å². The molecule has 0 amide bonds. The van der Waals surface area contributed by atoms with Gasteiger partial charge in [0.25, 0.3) is 0 Å². The Morgan fingerprint density at radius 2 is 0.869 bits per heavy atom. The molecule has 61 heavy (non-hydrogen) atoms. The number of nitrogens with zero attached hydrogens (tertiary/aromatic N) is 4. The third kappa shape index (κ3) is 5.33. The molecule has 0 fully saturated rings. The molecule has 4 heterocycles. The second-order valence-corrected chi connectivity index (χ2v) is 17.1. The summed E-state index contributed by atoms with van der Waals surface area (Å²) in [5.41, 5.74) is 21.9. The number of hydrogen-bond donors (Lipinski definition) is 0. The van der Waals surface area contributed by atoms with E-state index in [2.05, 4.69) is 168 Å². The summed E-state index contributed by atoms with van der Waals surface area (Å²) in [6, 6.07) is 34.0. The first-order valence-electron chi connectivity index (χ1n) is 21.1. The van der Waals surface area contributed by atoms with Gasteiger partial charge in [0.05, 0.1) is 22.1 Å². The lowest BCUT2D eigenvalue weighted by atomic mass is 9.60. The molecule has 0 aliphatic carbocycles. The van der Waals surface area contributed by atoms with E-state index in [-0.39, 0.29) is 0 Å². The number of para-hydroxylation sites is 3. The molecule has 0 N–H and O–H groups in total. The number of furan rings is 2. The van der Waals surface area contributed by atoms with Crippen LogP contribution in [-0.2, 0) is 0 Å². The summed E-state index contributed by atoms with van der Waals surface area (Å²) in [5, 5.41) is 6.53. The quantitative estimate of drug-likeness (QED) is 0.167. The number of rotatable bonds is 4. The zero-order valence-electron chi connectivity index (χ0n) is 36.3. The first-order chi connectivity index (χ1) is 29.4. The smallest absolute Gasteiger partial charge is 0.164 e. The Hall–Kier alpha value is -6.40. The summed E-state index contributed by atoms with van der Waals surface area (Å²) in [4.78, 5) is 15.9. The van der Waals surface area contributed by atoms with Crippen LogP contribution in [0.2, 0.25) is 0 Å². The molecule has 7 aromatic carbocycles. The molecular weight excluding hydrogens is 737 g/mol. The van der Waals surface area contributed by atoms with Gasteiger partial charge in [-0.25, -0.2) is 15.0 Å². The van der Waals surface area contributed by atoms with Crippen LogP contribution >= 0.6 is 0 Å². The largest absolute Gasteiger partial charge is 0.455 e. The molecule has 0 aliphatic heterocycles. The Balaban J connectivity index is 1.14. The van der Waals surface area contributed by atoms with Crippen LogP contribution in [0.1, 0.15) is 0 Å². The number of fused-ring (bicyclic) bond motifs is 10. The third-order valence-electron chi connectivity index (χ3n) is 14.2. The van der Waals surface area contributed by atoms with Gasteiger partial charge in [0.15, 0.2) is 23.1 Å². The van der Waals surface area contributed by atoms with Crippen LogP contribution < -0.4 is 54.6 Å². The average Bonchev–Trinajstić information content (AvgIpc) is 3.95. The maximum absolute atomic E-state index is 6.98. The van der Waals surface area contributed by atoms with Crippen molar-refractivity contribution in [3.8, 4) is 39.9 Å².